The second kappa shape index (κ2) is 16.5. The van der Waals surface area contributed by atoms with E-state index in [0.717, 1.165) is 0 Å². The number of rotatable bonds is 14. The van der Waals surface area contributed by atoms with Crippen molar-refractivity contribution in [1.82, 2.24) is 25.4 Å². The predicted octanol–water partition coefficient (Wildman–Crippen LogP) is 4.70. The minimum absolute atomic E-state index is 0.0321. The largest absolute Gasteiger partial charge is 0.344 e. The maximum absolute atomic E-state index is 15.7. The number of carbonyl (C=O) groups excluding carboxylic acids is 4. The number of piperazine rings is 1. The first-order chi connectivity index (χ1) is 23.0. The highest BCUT2D eigenvalue weighted by atomic mass is 19.1. The Balaban J connectivity index is 1.59. The van der Waals surface area contributed by atoms with Gasteiger partial charge in [-0.3, -0.25) is 19.2 Å². The smallest absolute Gasteiger partial charge is 0.245 e. The van der Waals surface area contributed by atoms with Gasteiger partial charge in [0.2, 0.25) is 17.7 Å². The molecule has 258 valence electrons. The standard InChI is InChI=1S/C35H44F2N6O5/c1-6-25(22-9-12-24(36)13-10-22)26(20-30(44)33-28(7-2)40-48-41-33)34(46)38-29-14-11-23(19-27(29)37)21(4)32(39-31(45)8-3)35(47)43-17-15-42(5)16-18-43/h9-14,19,21,25-26,32H,6-8,15-18,20H2,1-5H3,(H,38,46)(H,39,45)/t21-,25?,26?,32+/m0/s1. The van der Waals surface area contributed by atoms with Gasteiger partial charge in [0.05, 0.1) is 11.6 Å². The van der Waals surface area contributed by atoms with Crippen LogP contribution < -0.4 is 10.6 Å². The SMILES string of the molecule is CCC(=O)N[C@@H](C(=O)N1CCN(C)CC1)[C@@H](C)c1ccc(NC(=O)C(CC(=O)c2nonc2CC)C(CC)c2ccc(F)cc2)c(F)c1. The molecule has 1 saturated heterocycles. The maximum atomic E-state index is 15.7. The summed E-state index contributed by atoms with van der Waals surface area (Å²) in [5.41, 5.74) is 1.40. The van der Waals surface area contributed by atoms with E-state index in [0.29, 0.717) is 55.8 Å². The van der Waals surface area contributed by atoms with Crippen molar-refractivity contribution in [3.63, 3.8) is 0 Å². The first kappa shape index (κ1) is 36.3. The zero-order chi connectivity index (χ0) is 35.0. The Morgan fingerprint density at radius 1 is 0.938 bits per heavy atom. The molecule has 48 heavy (non-hydrogen) atoms. The van der Waals surface area contributed by atoms with Gasteiger partial charge in [-0.2, -0.15) is 0 Å². The van der Waals surface area contributed by atoms with E-state index in [1.807, 2.05) is 14.0 Å². The molecular formula is C35H44F2N6O5. The number of Topliss-reactive ketones (excluding diaryl/α,β-unsaturated/α-hetero) is 1. The average Bonchev–Trinajstić information content (AvgIpc) is 3.57. The molecule has 1 aliphatic rings. The fraction of sp³-hybridized carbons (Fsp3) is 0.486. The zero-order valence-corrected chi connectivity index (χ0v) is 28.1. The Morgan fingerprint density at radius 2 is 1.60 bits per heavy atom. The van der Waals surface area contributed by atoms with E-state index < -0.39 is 47.1 Å². The lowest BCUT2D eigenvalue weighted by Crippen LogP contribution is -2.55. The highest BCUT2D eigenvalue weighted by Crippen LogP contribution is 2.34. The number of amides is 3. The van der Waals surface area contributed by atoms with Gasteiger partial charge in [-0.05, 0) is 66.4 Å². The summed E-state index contributed by atoms with van der Waals surface area (Å²) in [4.78, 5) is 57.0. The van der Waals surface area contributed by atoms with Gasteiger partial charge in [0.1, 0.15) is 23.4 Å². The molecule has 2 heterocycles. The Morgan fingerprint density at radius 3 is 2.21 bits per heavy atom. The molecule has 0 spiro atoms. The fourth-order valence-corrected chi connectivity index (χ4v) is 6.06. The molecule has 1 fully saturated rings. The van der Waals surface area contributed by atoms with Crippen molar-refractivity contribution in [3.8, 4) is 0 Å². The minimum Gasteiger partial charge on any atom is -0.344 e. The predicted molar refractivity (Wildman–Crippen MR) is 175 cm³/mol. The molecule has 0 saturated carbocycles. The molecule has 1 aliphatic heterocycles. The minimum atomic E-state index is -0.970. The van der Waals surface area contributed by atoms with Crippen molar-refractivity contribution in [2.45, 2.75) is 71.3 Å². The second-order valence-corrected chi connectivity index (χ2v) is 12.3. The van der Waals surface area contributed by atoms with Crippen molar-refractivity contribution in [2.75, 3.05) is 38.5 Å². The number of ketones is 1. The van der Waals surface area contributed by atoms with Crippen LogP contribution in [0.3, 0.4) is 0 Å². The lowest BCUT2D eigenvalue weighted by atomic mass is 9.80. The van der Waals surface area contributed by atoms with Gasteiger partial charge in [-0.1, -0.05) is 51.1 Å². The molecule has 0 bridgehead atoms. The van der Waals surface area contributed by atoms with E-state index in [4.69, 9.17) is 4.63 Å². The molecule has 4 atom stereocenters. The van der Waals surface area contributed by atoms with Crippen LogP contribution in [0.5, 0.6) is 0 Å². The summed E-state index contributed by atoms with van der Waals surface area (Å²) in [6.45, 7) is 9.55. The van der Waals surface area contributed by atoms with Crippen LogP contribution in [0.15, 0.2) is 47.1 Å². The molecule has 0 radical (unpaired) electrons. The summed E-state index contributed by atoms with van der Waals surface area (Å²) in [6.07, 6.45) is 0.745. The number of nitrogens with one attached hydrogen (secondary N) is 2. The molecule has 13 heteroatoms. The molecule has 1 aromatic heterocycles. The Labute approximate surface area is 279 Å². The van der Waals surface area contributed by atoms with Crippen molar-refractivity contribution < 1.29 is 32.6 Å². The van der Waals surface area contributed by atoms with E-state index in [1.165, 1.54) is 24.3 Å². The lowest BCUT2D eigenvalue weighted by Gasteiger charge is -2.36. The number of hydrogen-bond acceptors (Lipinski definition) is 8. The number of nitrogens with zero attached hydrogens (tertiary/aromatic N) is 4. The summed E-state index contributed by atoms with van der Waals surface area (Å²) >= 11 is 0. The number of benzene rings is 2. The van der Waals surface area contributed by atoms with Crippen LogP contribution in [-0.2, 0) is 20.8 Å². The van der Waals surface area contributed by atoms with Gasteiger partial charge in [0, 0.05) is 44.9 Å². The quantitative estimate of drug-likeness (QED) is 0.236. The molecular weight excluding hydrogens is 622 g/mol. The van der Waals surface area contributed by atoms with Crippen LogP contribution in [0.4, 0.5) is 14.5 Å². The number of likely N-dealkylation sites (N-methyl/N-ethyl adjacent to an activating group) is 1. The number of halogens is 2. The van der Waals surface area contributed by atoms with Gasteiger partial charge in [-0.25, -0.2) is 13.4 Å². The molecule has 3 amide bonds. The first-order valence-electron chi connectivity index (χ1n) is 16.4. The Hall–Kier alpha value is -4.52. The zero-order valence-electron chi connectivity index (χ0n) is 28.1. The third-order valence-electron chi connectivity index (χ3n) is 9.12. The van der Waals surface area contributed by atoms with Gasteiger partial charge in [-0.15, -0.1) is 0 Å². The molecule has 2 aromatic carbocycles. The molecule has 3 aromatic rings. The Bertz CT molecular complexity index is 1590. The monoisotopic (exact) mass is 666 g/mol. The molecule has 0 aliphatic carbocycles. The van der Waals surface area contributed by atoms with Crippen molar-refractivity contribution >= 4 is 29.2 Å². The number of aromatic nitrogens is 2. The van der Waals surface area contributed by atoms with Crippen molar-refractivity contribution in [2.24, 2.45) is 5.92 Å². The molecule has 4 rings (SSSR count). The van der Waals surface area contributed by atoms with E-state index >= 15 is 4.39 Å². The first-order valence-corrected chi connectivity index (χ1v) is 16.4. The molecule has 2 N–H and O–H groups in total. The average molecular weight is 667 g/mol. The van der Waals surface area contributed by atoms with Gasteiger partial charge >= 0.3 is 0 Å². The number of hydrogen-bond donors (Lipinski definition) is 2. The van der Waals surface area contributed by atoms with Crippen LogP contribution >= 0.6 is 0 Å². The highest BCUT2D eigenvalue weighted by Gasteiger charge is 2.35. The topological polar surface area (TPSA) is 138 Å². The van der Waals surface area contributed by atoms with Crippen LogP contribution in [0.2, 0.25) is 0 Å². The van der Waals surface area contributed by atoms with E-state index in [2.05, 4.69) is 25.8 Å². The normalized spacial score (nSPS) is 16.1. The second-order valence-electron chi connectivity index (χ2n) is 12.3. The molecule has 11 nitrogen and oxygen atoms in total. The van der Waals surface area contributed by atoms with E-state index in [-0.39, 0.29) is 36.0 Å². The highest BCUT2D eigenvalue weighted by molar-refractivity contribution is 6.01. The Kier molecular flexibility index (Phi) is 12.5. The van der Waals surface area contributed by atoms with Crippen LogP contribution in [0.25, 0.3) is 0 Å². The number of anilines is 1. The van der Waals surface area contributed by atoms with Crippen molar-refractivity contribution in [3.05, 3.63) is 76.6 Å². The van der Waals surface area contributed by atoms with Gasteiger partial charge in [0.15, 0.2) is 11.5 Å². The summed E-state index contributed by atoms with van der Waals surface area (Å²) in [7, 11) is 1.98. The fourth-order valence-electron chi connectivity index (χ4n) is 6.06. The summed E-state index contributed by atoms with van der Waals surface area (Å²) in [5.74, 6) is -4.83. The van der Waals surface area contributed by atoms with E-state index in [9.17, 15) is 23.6 Å². The van der Waals surface area contributed by atoms with Crippen LogP contribution in [0.1, 0.15) is 86.1 Å². The van der Waals surface area contributed by atoms with E-state index in [1.54, 1.807) is 43.9 Å². The van der Waals surface area contributed by atoms with Crippen LogP contribution in [-0.4, -0.2) is 82.9 Å². The number of aryl methyl sites for hydroxylation is 1. The van der Waals surface area contributed by atoms with Gasteiger partial charge in [0.25, 0.3) is 0 Å². The molecule has 2 unspecified atom stereocenters. The summed E-state index contributed by atoms with van der Waals surface area (Å²) < 4.78 is 34.2. The summed E-state index contributed by atoms with van der Waals surface area (Å²) in [6, 6.07) is 9.07. The third kappa shape index (κ3) is 8.68. The maximum Gasteiger partial charge on any atom is 0.245 e. The lowest BCUT2D eigenvalue weighted by molar-refractivity contribution is -0.138. The van der Waals surface area contributed by atoms with Crippen LogP contribution in [0, 0.1) is 17.6 Å². The van der Waals surface area contributed by atoms with Gasteiger partial charge < -0.3 is 20.4 Å². The number of carbonyl (C=O) groups is 4. The third-order valence-corrected chi connectivity index (χ3v) is 9.12. The van der Waals surface area contributed by atoms with Crippen molar-refractivity contribution in [1.29, 1.82) is 0 Å². The summed E-state index contributed by atoms with van der Waals surface area (Å²) in [5, 5.41) is 13.0.